The third-order valence-corrected chi connectivity index (χ3v) is 5.14. The number of benzene rings is 2. The third-order valence-electron chi connectivity index (χ3n) is 3.11. The zero-order chi connectivity index (χ0) is 15.4. The van der Waals surface area contributed by atoms with E-state index in [0.29, 0.717) is 10.0 Å². The van der Waals surface area contributed by atoms with Crippen molar-refractivity contribution in [1.29, 1.82) is 0 Å². The molecule has 2 rings (SSSR count). The van der Waals surface area contributed by atoms with Crippen LogP contribution in [0.3, 0.4) is 0 Å². The molecule has 0 saturated carbocycles. The lowest BCUT2D eigenvalue weighted by Gasteiger charge is -2.10. The van der Waals surface area contributed by atoms with E-state index < -0.39 is 0 Å². The number of halogens is 2. The fourth-order valence-corrected chi connectivity index (χ4v) is 3.03. The quantitative estimate of drug-likeness (QED) is 0.654. The summed E-state index contributed by atoms with van der Waals surface area (Å²) in [6.45, 7) is 4.18. The molecule has 0 amide bonds. The molecule has 1 nitrogen and oxygen atoms in total. The highest BCUT2D eigenvalue weighted by Gasteiger charge is 2.04. The lowest BCUT2D eigenvalue weighted by atomic mass is 10.1. The SMILES string of the molecule is Cc1ccc(NC(=S)SCc2ccc(Cl)c(Cl)c2)cc1C. The average Bonchev–Trinajstić information content (AvgIpc) is 2.44. The first-order valence-corrected chi connectivity index (χ1v) is 8.55. The van der Waals surface area contributed by atoms with Crippen molar-refractivity contribution in [1.82, 2.24) is 0 Å². The Kier molecular flexibility index (Phi) is 5.94. The third kappa shape index (κ3) is 4.89. The second-order valence-electron chi connectivity index (χ2n) is 4.75. The smallest absolute Gasteiger partial charge is 0.138 e. The minimum atomic E-state index is 0.571. The van der Waals surface area contributed by atoms with Crippen LogP contribution in [0, 0.1) is 13.8 Å². The van der Waals surface area contributed by atoms with Gasteiger partial charge in [-0.15, -0.1) is 0 Å². The molecular weight excluding hydrogens is 341 g/mol. The van der Waals surface area contributed by atoms with Crippen molar-refractivity contribution in [3.63, 3.8) is 0 Å². The Balaban J connectivity index is 1.92. The first-order chi connectivity index (χ1) is 9.95. The highest BCUT2D eigenvalue weighted by atomic mass is 35.5. The van der Waals surface area contributed by atoms with E-state index in [1.807, 2.05) is 18.2 Å². The normalized spacial score (nSPS) is 10.5. The first-order valence-electron chi connectivity index (χ1n) is 6.40. The number of hydrogen-bond donors (Lipinski definition) is 1. The summed E-state index contributed by atoms with van der Waals surface area (Å²) in [7, 11) is 0. The summed E-state index contributed by atoms with van der Waals surface area (Å²) in [5.41, 5.74) is 4.63. The second kappa shape index (κ2) is 7.50. The molecule has 0 aliphatic rings. The lowest BCUT2D eigenvalue weighted by molar-refractivity contribution is 1.34. The summed E-state index contributed by atoms with van der Waals surface area (Å²) in [5, 5.41) is 4.38. The van der Waals surface area contributed by atoms with E-state index in [9.17, 15) is 0 Å². The van der Waals surface area contributed by atoms with Crippen LogP contribution in [-0.2, 0) is 5.75 Å². The summed E-state index contributed by atoms with van der Waals surface area (Å²) in [6, 6.07) is 11.9. The molecule has 0 atom stereocenters. The van der Waals surface area contributed by atoms with Gasteiger partial charge in [-0.3, -0.25) is 0 Å². The molecule has 0 unspecified atom stereocenters. The molecule has 2 aromatic carbocycles. The van der Waals surface area contributed by atoms with Crippen LogP contribution >= 0.6 is 47.2 Å². The first kappa shape index (κ1) is 16.6. The molecule has 0 fully saturated rings. The Hall–Kier alpha value is -0.740. The van der Waals surface area contributed by atoms with Crippen LogP contribution in [0.4, 0.5) is 5.69 Å². The monoisotopic (exact) mass is 355 g/mol. The maximum absolute atomic E-state index is 6.00. The molecule has 0 radical (unpaired) electrons. The van der Waals surface area contributed by atoms with Crippen molar-refractivity contribution in [3.8, 4) is 0 Å². The molecule has 0 aromatic heterocycles. The molecule has 5 heteroatoms. The van der Waals surface area contributed by atoms with Crippen molar-refractivity contribution < 1.29 is 0 Å². The van der Waals surface area contributed by atoms with E-state index in [4.69, 9.17) is 35.4 Å². The van der Waals surface area contributed by atoms with Crippen LogP contribution in [0.1, 0.15) is 16.7 Å². The van der Waals surface area contributed by atoms with Crippen molar-refractivity contribution in [2.75, 3.05) is 5.32 Å². The van der Waals surface area contributed by atoms with Gasteiger partial charge in [0.15, 0.2) is 0 Å². The molecule has 110 valence electrons. The zero-order valence-electron chi connectivity index (χ0n) is 11.7. The second-order valence-corrected chi connectivity index (χ2v) is 7.22. The number of thioether (sulfide) groups is 1. The maximum atomic E-state index is 6.00. The van der Waals surface area contributed by atoms with Gasteiger partial charge in [0.2, 0.25) is 0 Å². The van der Waals surface area contributed by atoms with Crippen LogP contribution in [-0.4, -0.2) is 4.32 Å². The molecule has 0 saturated heterocycles. The minimum Gasteiger partial charge on any atom is -0.341 e. The van der Waals surface area contributed by atoms with Gasteiger partial charge in [-0.2, -0.15) is 0 Å². The molecule has 1 N–H and O–H groups in total. The fraction of sp³-hybridized carbons (Fsp3) is 0.188. The van der Waals surface area contributed by atoms with Gasteiger partial charge < -0.3 is 5.32 Å². The molecule has 0 aliphatic heterocycles. The van der Waals surface area contributed by atoms with E-state index in [2.05, 4.69) is 31.3 Å². The van der Waals surface area contributed by atoms with E-state index in [1.54, 1.807) is 17.8 Å². The topological polar surface area (TPSA) is 12.0 Å². The lowest BCUT2D eigenvalue weighted by Crippen LogP contribution is -2.05. The fourth-order valence-electron chi connectivity index (χ4n) is 1.75. The standard InChI is InChI=1S/C16H15Cl2NS2/c1-10-3-5-13(7-11(10)2)19-16(20)21-9-12-4-6-14(17)15(18)8-12/h3-8H,9H2,1-2H3,(H,19,20). The molecule has 0 bridgehead atoms. The number of aryl methyl sites for hydroxylation is 2. The van der Waals surface area contributed by atoms with Gasteiger partial charge in [0.25, 0.3) is 0 Å². The molecule has 0 aliphatic carbocycles. The number of nitrogens with one attached hydrogen (secondary N) is 1. The van der Waals surface area contributed by atoms with E-state index in [1.165, 1.54) is 11.1 Å². The Bertz CT molecular complexity index is 671. The molecule has 2 aromatic rings. The van der Waals surface area contributed by atoms with E-state index in [-0.39, 0.29) is 0 Å². The summed E-state index contributed by atoms with van der Waals surface area (Å²) in [4.78, 5) is 0. The minimum absolute atomic E-state index is 0.571. The number of hydrogen-bond acceptors (Lipinski definition) is 2. The number of anilines is 1. The Morgan fingerprint density at radius 3 is 2.48 bits per heavy atom. The Morgan fingerprint density at radius 1 is 1.05 bits per heavy atom. The van der Waals surface area contributed by atoms with E-state index >= 15 is 0 Å². The van der Waals surface area contributed by atoms with Crippen molar-refractivity contribution in [2.24, 2.45) is 0 Å². The van der Waals surface area contributed by atoms with Gasteiger partial charge in [-0.1, -0.05) is 59.3 Å². The highest BCUT2D eigenvalue weighted by molar-refractivity contribution is 8.22. The van der Waals surface area contributed by atoms with Gasteiger partial charge in [0, 0.05) is 11.4 Å². The van der Waals surface area contributed by atoms with Crippen LogP contribution in [0.2, 0.25) is 10.0 Å². The van der Waals surface area contributed by atoms with Crippen LogP contribution < -0.4 is 5.32 Å². The number of rotatable bonds is 3. The summed E-state index contributed by atoms with van der Waals surface area (Å²) in [6.07, 6.45) is 0. The Morgan fingerprint density at radius 2 is 1.81 bits per heavy atom. The van der Waals surface area contributed by atoms with Gasteiger partial charge in [0.1, 0.15) is 4.32 Å². The molecule has 0 heterocycles. The van der Waals surface area contributed by atoms with E-state index in [0.717, 1.165) is 21.3 Å². The molecule has 0 spiro atoms. The number of thiocarbonyl (C=S) groups is 1. The van der Waals surface area contributed by atoms with Gasteiger partial charge >= 0.3 is 0 Å². The largest absolute Gasteiger partial charge is 0.341 e. The van der Waals surface area contributed by atoms with Gasteiger partial charge in [-0.05, 0) is 54.8 Å². The van der Waals surface area contributed by atoms with Gasteiger partial charge in [-0.25, -0.2) is 0 Å². The predicted molar refractivity (Wildman–Crippen MR) is 99.9 cm³/mol. The van der Waals surface area contributed by atoms with Crippen LogP contribution in [0.25, 0.3) is 0 Å². The summed E-state index contributed by atoms with van der Waals surface area (Å²) >= 11 is 18.8. The summed E-state index contributed by atoms with van der Waals surface area (Å²) < 4.78 is 0.740. The maximum Gasteiger partial charge on any atom is 0.138 e. The molecule has 21 heavy (non-hydrogen) atoms. The zero-order valence-corrected chi connectivity index (χ0v) is 14.9. The molecular formula is C16H15Cl2NS2. The van der Waals surface area contributed by atoms with Crippen molar-refractivity contribution in [3.05, 3.63) is 63.1 Å². The average molecular weight is 356 g/mol. The predicted octanol–water partition coefficient (Wildman–Crippen LogP) is 6.24. The van der Waals surface area contributed by atoms with Crippen molar-refractivity contribution in [2.45, 2.75) is 19.6 Å². The Labute approximate surface area is 145 Å². The van der Waals surface area contributed by atoms with Crippen LogP contribution in [0.15, 0.2) is 36.4 Å². The van der Waals surface area contributed by atoms with Crippen LogP contribution in [0.5, 0.6) is 0 Å². The summed E-state index contributed by atoms with van der Waals surface area (Å²) in [5.74, 6) is 0.758. The highest BCUT2D eigenvalue weighted by Crippen LogP contribution is 2.25. The van der Waals surface area contributed by atoms with Crippen molar-refractivity contribution >= 4 is 57.2 Å². The van der Waals surface area contributed by atoms with Gasteiger partial charge in [0.05, 0.1) is 10.0 Å².